The molecule has 0 radical (unpaired) electrons. The van der Waals surface area contributed by atoms with E-state index < -0.39 is 0 Å². The van der Waals surface area contributed by atoms with Crippen LogP contribution in [0, 0.1) is 0 Å². The summed E-state index contributed by atoms with van der Waals surface area (Å²) in [4.78, 5) is 0. The Balaban J connectivity index is 2.22. The van der Waals surface area contributed by atoms with Gasteiger partial charge in [-0.25, -0.2) is 0 Å². The molecule has 3 rings (SSSR count). The van der Waals surface area contributed by atoms with Crippen molar-refractivity contribution in [1.29, 1.82) is 0 Å². The molecule has 2 nitrogen and oxygen atoms in total. The number of aromatic hydroxyl groups is 1. The maximum atomic E-state index is 10.1. The summed E-state index contributed by atoms with van der Waals surface area (Å²) >= 11 is 5.99. The van der Waals surface area contributed by atoms with Gasteiger partial charge in [-0.1, -0.05) is 17.7 Å². The predicted octanol–water partition coefficient (Wildman–Crippen LogP) is 3.19. The minimum Gasteiger partial charge on any atom is -0.508 e. The first kappa shape index (κ1) is 10.9. The van der Waals surface area contributed by atoms with E-state index >= 15 is 0 Å². The van der Waals surface area contributed by atoms with Crippen molar-refractivity contribution < 1.29 is 5.11 Å². The summed E-state index contributed by atoms with van der Waals surface area (Å²) < 4.78 is 0. The van der Waals surface area contributed by atoms with Crippen molar-refractivity contribution >= 4 is 22.4 Å². The standard InChI is InChI=1S/C14H14ClNO/c15-11-2-1-9-7-13(17)12(6-10(9)5-11)14(8-16)3-4-14/h1-2,5-7,17H,3-4,8,16H2. The van der Waals surface area contributed by atoms with Crippen molar-refractivity contribution in [3.63, 3.8) is 0 Å². The molecule has 1 aliphatic rings. The van der Waals surface area contributed by atoms with Crippen LogP contribution in [0.3, 0.4) is 0 Å². The van der Waals surface area contributed by atoms with Crippen LogP contribution in [0.2, 0.25) is 5.02 Å². The van der Waals surface area contributed by atoms with Crippen LogP contribution in [0.25, 0.3) is 10.8 Å². The second-order valence-electron chi connectivity index (χ2n) is 4.85. The molecule has 3 heteroatoms. The fraction of sp³-hybridized carbons (Fsp3) is 0.286. The van der Waals surface area contributed by atoms with Crippen molar-refractivity contribution in [2.24, 2.45) is 5.73 Å². The van der Waals surface area contributed by atoms with Crippen molar-refractivity contribution in [2.75, 3.05) is 6.54 Å². The highest BCUT2D eigenvalue weighted by Crippen LogP contribution is 2.51. The molecule has 17 heavy (non-hydrogen) atoms. The molecule has 0 amide bonds. The number of nitrogens with two attached hydrogens (primary N) is 1. The SMILES string of the molecule is NCC1(c2cc3cc(Cl)ccc3cc2O)CC1. The van der Waals surface area contributed by atoms with Crippen LogP contribution < -0.4 is 5.73 Å². The molecule has 2 aromatic rings. The number of phenolic OH excluding ortho intramolecular Hbond substituents is 1. The molecule has 0 aliphatic heterocycles. The van der Waals surface area contributed by atoms with Crippen LogP contribution in [0.4, 0.5) is 0 Å². The minimum atomic E-state index is 0.000586. The zero-order valence-electron chi connectivity index (χ0n) is 9.41. The summed E-state index contributed by atoms with van der Waals surface area (Å²) in [6, 6.07) is 9.50. The third-order valence-corrected chi connectivity index (χ3v) is 3.97. The van der Waals surface area contributed by atoms with Gasteiger partial charge in [0.25, 0.3) is 0 Å². The zero-order chi connectivity index (χ0) is 12.0. The normalized spacial score (nSPS) is 17.3. The fourth-order valence-electron chi connectivity index (χ4n) is 2.42. The van der Waals surface area contributed by atoms with Crippen LogP contribution in [-0.2, 0) is 5.41 Å². The monoisotopic (exact) mass is 247 g/mol. The van der Waals surface area contributed by atoms with E-state index in [0.717, 1.165) is 29.2 Å². The molecule has 1 aliphatic carbocycles. The largest absolute Gasteiger partial charge is 0.508 e. The Labute approximate surface area is 105 Å². The van der Waals surface area contributed by atoms with Gasteiger partial charge in [-0.15, -0.1) is 0 Å². The summed E-state index contributed by atoms with van der Waals surface area (Å²) in [6.07, 6.45) is 2.12. The van der Waals surface area contributed by atoms with Gasteiger partial charge < -0.3 is 10.8 Å². The first-order valence-corrected chi connectivity index (χ1v) is 6.15. The van der Waals surface area contributed by atoms with Crippen LogP contribution in [0.15, 0.2) is 30.3 Å². The van der Waals surface area contributed by atoms with E-state index in [9.17, 15) is 5.11 Å². The van der Waals surface area contributed by atoms with Gasteiger partial charge in [-0.3, -0.25) is 0 Å². The molecule has 0 atom stereocenters. The summed E-state index contributed by atoms with van der Waals surface area (Å²) in [6.45, 7) is 0.590. The van der Waals surface area contributed by atoms with E-state index in [4.69, 9.17) is 17.3 Å². The maximum Gasteiger partial charge on any atom is 0.120 e. The number of phenols is 1. The average Bonchev–Trinajstić information content (AvgIpc) is 3.10. The lowest BCUT2D eigenvalue weighted by Gasteiger charge is -2.15. The molecule has 0 heterocycles. The highest BCUT2D eigenvalue weighted by atomic mass is 35.5. The van der Waals surface area contributed by atoms with Crippen LogP contribution in [-0.4, -0.2) is 11.7 Å². The van der Waals surface area contributed by atoms with Crippen molar-refractivity contribution in [2.45, 2.75) is 18.3 Å². The molecular weight excluding hydrogens is 234 g/mol. The molecular formula is C14H14ClNO. The summed E-state index contributed by atoms with van der Waals surface area (Å²) in [7, 11) is 0. The maximum absolute atomic E-state index is 10.1. The lowest BCUT2D eigenvalue weighted by atomic mass is 9.92. The molecule has 0 spiro atoms. The lowest BCUT2D eigenvalue weighted by Crippen LogP contribution is -2.19. The molecule has 0 unspecified atom stereocenters. The number of hydrogen-bond donors (Lipinski definition) is 2. The summed E-state index contributed by atoms with van der Waals surface area (Å²) in [5.74, 6) is 0.350. The zero-order valence-corrected chi connectivity index (χ0v) is 10.2. The second-order valence-corrected chi connectivity index (χ2v) is 5.28. The van der Waals surface area contributed by atoms with Crippen LogP contribution in [0.1, 0.15) is 18.4 Å². The lowest BCUT2D eigenvalue weighted by molar-refractivity contribution is 0.460. The Hall–Kier alpha value is -1.25. The van der Waals surface area contributed by atoms with Crippen LogP contribution >= 0.6 is 11.6 Å². The average molecular weight is 248 g/mol. The quantitative estimate of drug-likeness (QED) is 0.856. The third kappa shape index (κ3) is 1.68. The van der Waals surface area contributed by atoms with E-state index in [-0.39, 0.29) is 5.41 Å². The van der Waals surface area contributed by atoms with E-state index in [2.05, 4.69) is 0 Å². The molecule has 3 N–H and O–H groups in total. The summed E-state index contributed by atoms with van der Waals surface area (Å²) in [5, 5.41) is 12.9. The Morgan fingerprint density at radius 3 is 2.59 bits per heavy atom. The molecule has 0 saturated heterocycles. The molecule has 0 aromatic heterocycles. The van der Waals surface area contributed by atoms with Gasteiger partial charge in [0.05, 0.1) is 0 Å². The van der Waals surface area contributed by atoms with Crippen molar-refractivity contribution in [3.05, 3.63) is 40.9 Å². The van der Waals surface area contributed by atoms with Gasteiger partial charge in [0.1, 0.15) is 5.75 Å². The van der Waals surface area contributed by atoms with E-state index in [1.807, 2.05) is 24.3 Å². The predicted molar refractivity (Wildman–Crippen MR) is 70.6 cm³/mol. The second kappa shape index (κ2) is 3.62. The Bertz CT molecular complexity index is 590. The van der Waals surface area contributed by atoms with E-state index in [1.165, 1.54) is 0 Å². The van der Waals surface area contributed by atoms with E-state index in [1.54, 1.807) is 6.07 Å². The van der Waals surface area contributed by atoms with Gasteiger partial charge in [0, 0.05) is 22.5 Å². The Morgan fingerprint density at radius 2 is 1.94 bits per heavy atom. The van der Waals surface area contributed by atoms with Crippen molar-refractivity contribution in [3.8, 4) is 5.75 Å². The number of fused-ring (bicyclic) bond motifs is 1. The molecule has 1 saturated carbocycles. The van der Waals surface area contributed by atoms with Crippen LogP contribution in [0.5, 0.6) is 5.75 Å². The molecule has 0 bridgehead atoms. The highest BCUT2D eigenvalue weighted by Gasteiger charge is 2.44. The van der Waals surface area contributed by atoms with Gasteiger partial charge >= 0.3 is 0 Å². The topological polar surface area (TPSA) is 46.2 Å². The first-order chi connectivity index (χ1) is 8.14. The number of benzene rings is 2. The first-order valence-electron chi connectivity index (χ1n) is 5.77. The minimum absolute atomic E-state index is 0.000586. The number of hydrogen-bond acceptors (Lipinski definition) is 2. The molecule has 2 aromatic carbocycles. The Morgan fingerprint density at radius 1 is 1.18 bits per heavy atom. The summed E-state index contributed by atoms with van der Waals surface area (Å²) in [5.41, 5.74) is 6.77. The van der Waals surface area contributed by atoms with E-state index in [0.29, 0.717) is 17.3 Å². The van der Waals surface area contributed by atoms with Gasteiger partial charge in [0.2, 0.25) is 0 Å². The van der Waals surface area contributed by atoms with Gasteiger partial charge in [0.15, 0.2) is 0 Å². The van der Waals surface area contributed by atoms with Gasteiger partial charge in [-0.2, -0.15) is 0 Å². The molecule has 88 valence electrons. The fourth-order valence-corrected chi connectivity index (χ4v) is 2.60. The smallest absolute Gasteiger partial charge is 0.120 e. The third-order valence-electron chi connectivity index (χ3n) is 3.73. The van der Waals surface area contributed by atoms with Crippen molar-refractivity contribution in [1.82, 2.24) is 0 Å². The number of rotatable bonds is 2. The molecule has 1 fully saturated rings. The van der Waals surface area contributed by atoms with Gasteiger partial charge in [-0.05, 0) is 47.9 Å². The number of halogens is 1. The highest BCUT2D eigenvalue weighted by molar-refractivity contribution is 6.31. The Kier molecular flexibility index (Phi) is 2.32.